The summed E-state index contributed by atoms with van der Waals surface area (Å²) in [7, 11) is 0. The van der Waals surface area contributed by atoms with Crippen molar-refractivity contribution >= 4 is 17.5 Å². The summed E-state index contributed by atoms with van der Waals surface area (Å²) >= 11 is 0. The minimum absolute atomic E-state index is 0.0719. The van der Waals surface area contributed by atoms with Gasteiger partial charge in [0.15, 0.2) is 11.6 Å². The number of hydrogen-bond acceptors (Lipinski definition) is 6. The highest BCUT2D eigenvalue weighted by atomic mass is 19.1. The molecule has 0 unspecified atom stereocenters. The van der Waals surface area contributed by atoms with Crippen LogP contribution in [0.3, 0.4) is 0 Å². The Balaban J connectivity index is 2.02. The Hall–Kier alpha value is -3.20. The van der Waals surface area contributed by atoms with Crippen LogP contribution in [0.4, 0.5) is 30.6 Å². The summed E-state index contributed by atoms with van der Waals surface area (Å²) in [4.78, 5) is 12.6. The lowest BCUT2D eigenvalue weighted by atomic mass is 10.2. The highest BCUT2D eigenvalue weighted by molar-refractivity contribution is 5.65. The Morgan fingerprint density at radius 1 is 1.04 bits per heavy atom. The highest BCUT2D eigenvalue weighted by Gasteiger charge is 2.15. The quantitative estimate of drug-likeness (QED) is 0.612. The van der Waals surface area contributed by atoms with Gasteiger partial charge in [0.1, 0.15) is 17.3 Å². The molecular weight excluding hydrogens is 359 g/mol. The van der Waals surface area contributed by atoms with Crippen molar-refractivity contribution in [3.8, 4) is 11.4 Å². The Labute approximate surface area is 153 Å². The second kappa shape index (κ2) is 8.00. The first-order chi connectivity index (χ1) is 13.0. The number of halogens is 3. The molecule has 0 aliphatic carbocycles. The topological polar surface area (TPSA) is 83.0 Å². The molecule has 0 saturated heterocycles. The zero-order chi connectivity index (χ0) is 19.4. The first-order valence-corrected chi connectivity index (χ1v) is 8.05. The Morgan fingerprint density at radius 2 is 1.78 bits per heavy atom. The maximum atomic E-state index is 13.9. The van der Waals surface area contributed by atoms with Gasteiger partial charge in [0.05, 0.1) is 18.0 Å². The van der Waals surface area contributed by atoms with Crippen LogP contribution in [0.15, 0.2) is 42.6 Å². The van der Waals surface area contributed by atoms with Crippen LogP contribution in [0.1, 0.15) is 6.92 Å². The smallest absolute Gasteiger partial charge is 0.225 e. The van der Waals surface area contributed by atoms with E-state index in [2.05, 4.69) is 25.6 Å². The number of anilines is 3. The van der Waals surface area contributed by atoms with Gasteiger partial charge < -0.3 is 15.7 Å². The van der Waals surface area contributed by atoms with E-state index in [4.69, 9.17) is 0 Å². The maximum Gasteiger partial charge on any atom is 0.225 e. The summed E-state index contributed by atoms with van der Waals surface area (Å²) in [6.07, 6.45) is 1.58. The number of rotatable bonds is 6. The molecule has 2 heterocycles. The van der Waals surface area contributed by atoms with E-state index in [1.165, 1.54) is 6.07 Å². The van der Waals surface area contributed by atoms with E-state index in [1.807, 2.05) is 0 Å². The summed E-state index contributed by atoms with van der Waals surface area (Å²) in [6.45, 7) is 1.55. The first-order valence-electron chi connectivity index (χ1n) is 8.05. The van der Waals surface area contributed by atoms with Crippen molar-refractivity contribution in [1.82, 2.24) is 15.0 Å². The van der Waals surface area contributed by atoms with E-state index >= 15 is 0 Å². The summed E-state index contributed by atoms with van der Waals surface area (Å²) in [5.41, 5.74) is 0.370. The van der Waals surface area contributed by atoms with Crippen molar-refractivity contribution in [2.75, 3.05) is 17.2 Å². The molecule has 0 aliphatic rings. The van der Waals surface area contributed by atoms with E-state index in [0.29, 0.717) is 23.5 Å². The van der Waals surface area contributed by atoms with Crippen molar-refractivity contribution in [2.45, 2.75) is 13.0 Å². The molecular formula is C18H16F3N5O. The number of benzene rings is 1. The van der Waals surface area contributed by atoms with Gasteiger partial charge in [-0.15, -0.1) is 0 Å². The molecule has 0 amide bonds. The number of aliphatic hydroxyl groups is 1. The highest BCUT2D eigenvalue weighted by Crippen LogP contribution is 2.26. The monoisotopic (exact) mass is 375 g/mol. The van der Waals surface area contributed by atoms with E-state index in [1.54, 1.807) is 31.3 Å². The van der Waals surface area contributed by atoms with Crippen molar-refractivity contribution in [3.63, 3.8) is 0 Å². The molecule has 0 bridgehead atoms. The zero-order valence-corrected chi connectivity index (χ0v) is 14.2. The zero-order valence-electron chi connectivity index (χ0n) is 14.2. The van der Waals surface area contributed by atoms with Gasteiger partial charge in [0.25, 0.3) is 0 Å². The molecule has 6 nitrogen and oxygen atoms in total. The molecule has 0 saturated carbocycles. The third-order valence-electron chi connectivity index (χ3n) is 3.56. The molecule has 3 aromatic rings. The Morgan fingerprint density at radius 3 is 2.41 bits per heavy atom. The third kappa shape index (κ3) is 4.50. The van der Waals surface area contributed by atoms with Gasteiger partial charge in [-0.2, -0.15) is 4.98 Å². The lowest BCUT2D eigenvalue weighted by molar-refractivity contribution is 0.281. The number of nitrogens with one attached hydrogen (secondary N) is 2. The van der Waals surface area contributed by atoms with E-state index in [9.17, 15) is 18.3 Å². The van der Waals surface area contributed by atoms with Crippen LogP contribution < -0.4 is 10.6 Å². The molecule has 1 atom stereocenters. The second-order valence-electron chi connectivity index (χ2n) is 5.77. The summed E-state index contributed by atoms with van der Waals surface area (Å²) in [5, 5.41) is 14.6. The van der Waals surface area contributed by atoms with Gasteiger partial charge in [-0.25, -0.2) is 18.2 Å². The summed E-state index contributed by atoms with van der Waals surface area (Å²) in [5.74, 6) is -3.01. The van der Waals surface area contributed by atoms with Crippen LogP contribution in [0, 0.1) is 17.5 Å². The molecule has 3 N–H and O–H groups in total. The van der Waals surface area contributed by atoms with Gasteiger partial charge in [-0.1, -0.05) is 6.07 Å². The fourth-order valence-electron chi connectivity index (χ4n) is 2.28. The van der Waals surface area contributed by atoms with Crippen LogP contribution in [0.5, 0.6) is 0 Å². The van der Waals surface area contributed by atoms with E-state index < -0.39 is 23.1 Å². The third-order valence-corrected chi connectivity index (χ3v) is 3.56. The molecule has 3 rings (SSSR count). The Bertz CT molecular complexity index is 917. The van der Waals surface area contributed by atoms with Crippen LogP contribution in [0.2, 0.25) is 0 Å². The molecule has 27 heavy (non-hydrogen) atoms. The van der Waals surface area contributed by atoms with Gasteiger partial charge in [-0.3, -0.25) is 4.98 Å². The fraction of sp³-hybridized carbons (Fsp3) is 0.167. The molecule has 9 heteroatoms. The van der Waals surface area contributed by atoms with Crippen LogP contribution >= 0.6 is 0 Å². The number of aliphatic hydroxyl groups excluding tert-OH is 1. The maximum absolute atomic E-state index is 13.9. The SMILES string of the molecule is C[C@@H](CO)Nc1nc(Nc2c(F)cc(F)cc2F)cc(-c2ccccn2)n1. The molecule has 2 aromatic heterocycles. The first kappa shape index (κ1) is 18.6. The summed E-state index contributed by atoms with van der Waals surface area (Å²) in [6, 6.07) is 7.46. The van der Waals surface area contributed by atoms with E-state index in [0.717, 1.165) is 0 Å². The lowest BCUT2D eigenvalue weighted by Crippen LogP contribution is -2.21. The van der Waals surface area contributed by atoms with Crippen molar-refractivity contribution < 1.29 is 18.3 Å². The minimum atomic E-state index is -1.09. The van der Waals surface area contributed by atoms with Gasteiger partial charge >= 0.3 is 0 Å². The second-order valence-corrected chi connectivity index (χ2v) is 5.77. The van der Waals surface area contributed by atoms with Crippen LogP contribution in [0.25, 0.3) is 11.4 Å². The molecule has 0 radical (unpaired) electrons. The molecule has 140 valence electrons. The predicted molar refractivity (Wildman–Crippen MR) is 95.0 cm³/mol. The van der Waals surface area contributed by atoms with Crippen LogP contribution in [-0.4, -0.2) is 32.7 Å². The average Bonchev–Trinajstić information content (AvgIpc) is 2.65. The van der Waals surface area contributed by atoms with Crippen molar-refractivity contribution in [2.24, 2.45) is 0 Å². The molecule has 0 spiro atoms. The number of nitrogens with zero attached hydrogens (tertiary/aromatic N) is 3. The fourth-order valence-corrected chi connectivity index (χ4v) is 2.28. The molecule has 0 fully saturated rings. The molecule has 0 aliphatic heterocycles. The average molecular weight is 375 g/mol. The lowest BCUT2D eigenvalue weighted by Gasteiger charge is -2.14. The van der Waals surface area contributed by atoms with E-state index in [-0.39, 0.29) is 24.4 Å². The van der Waals surface area contributed by atoms with Gasteiger partial charge in [0, 0.05) is 30.4 Å². The van der Waals surface area contributed by atoms with Gasteiger partial charge in [0.2, 0.25) is 5.95 Å². The normalized spacial score (nSPS) is 11.9. The number of aromatic nitrogens is 3. The Kier molecular flexibility index (Phi) is 5.51. The molecule has 1 aromatic carbocycles. The van der Waals surface area contributed by atoms with Crippen molar-refractivity contribution in [1.29, 1.82) is 0 Å². The number of pyridine rings is 1. The number of hydrogen-bond donors (Lipinski definition) is 3. The predicted octanol–water partition coefficient (Wildman–Crippen LogP) is 3.49. The van der Waals surface area contributed by atoms with Gasteiger partial charge in [-0.05, 0) is 19.1 Å². The largest absolute Gasteiger partial charge is 0.394 e. The summed E-state index contributed by atoms with van der Waals surface area (Å²) < 4.78 is 41.0. The standard InChI is InChI=1S/C18H16F3N5O/c1-10(9-27)23-18-24-15(14-4-2-3-5-22-14)8-16(26-18)25-17-12(20)6-11(19)7-13(17)21/h2-8,10,27H,9H2,1H3,(H2,23,24,25,26)/t10-/m0/s1. The van der Waals surface area contributed by atoms with Crippen molar-refractivity contribution in [3.05, 3.63) is 60.0 Å². The minimum Gasteiger partial charge on any atom is -0.394 e. The van der Waals surface area contributed by atoms with Crippen LogP contribution in [-0.2, 0) is 0 Å².